The first-order chi connectivity index (χ1) is 10.6. The van der Waals surface area contributed by atoms with Crippen molar-refractivity contribution in [3.05, 3.63) is 60.2 Å². The van der Waals surface area contributed by atoms with Gasteiger partial charge in [0, 0.05) is 18.3 Å². The van der Waals surface area contributed by atoms with Gasteiger partial charge < -0.3 is 9.08 Å². The van der Waals surface area contributed by atoms with E-state index in [4.69, 9.17) is 4.18 Å². The average molecular weight is 317 g/mol. The van der Waals surface area contributed by atoms with E-state index in [2.05, 4.69) is 17.9 Å². The number of benzene rings is 2. The van der Waals surface area contributed by atoms with Crippen LogP contribution in [0.25, 0.3) is 0 Å². The highest BCUT2D eigenvalue weighted by Gasteiger charge is 2.27. The summed E-state index contributed by atoms with van der Waals surface area (Å²) in [5, 5.41) is 0. The van der Waals surface area contributed by atoms with Gasteiger partial charge in [0.25, 0.3) is 0 Å². The predicted octanol–water partition coefficient (Wildman–Crippen LogP) is 2.85. The molecule has 116 valence electrons. The molecule has 2 aromatic rings. The van der Waals surface area contributed by atoms with Crippen molar-refractivity contribution in [2.45, 2.75) is 19.4 Å². The van der Waals surface area contributed by atoms with Crippen LogP contribution in [0.2, 0.25) is 0 Å². The first kappa shape index (κ1) is 14.9. The van der Waals surface area contributed by atoms with Crippen LogP contribution >= 0.6 is 0 Å². The van der Waals surface area contributed by atoms with Gasteiger partial charge in [0.05, 0.1) is 0 Å². The second kappa shape index (κ2) is 6.01. The molecule has 0 fully saturated rings. The Kier molecular flexibility index (Phi) is 4.07. The average Bonchev–Trinajstić information content (AvgIpc) is 2.81. The van der Waals surface area contributed by atoms with Crippen molar-refractivity contribution in [1.29, 1.82) is 0 Å². The van der Waals surface area contributed by atoms with E-state index >= 15 is 0 Å². The van der Waals surface area contributed by atoms with Gasteiger partial charge in [0.1, 0.15) is 11.5 Å². The molecule has 0 amide bonds. The summed E-state index contributed by atoms with van der Waals surface area (Å²) in [6.45, 7) is 2.55. The van der Waals surface area contributed by atoms with Crippen molar-refractivity contribution in [3.63, 3.8) is 0 Å². The maximum absolute atomic E-state index is 12.1. The molecule has 0 saturated carbocycles. The van der Waals surface area contributed by atoms with Crippen LogP contribution < -0.4 is 9.08 Å². The van der Waals surface area contributed by atoms with Crippen LogP contribution in [-0.4, -0.2) is 26.8 Å². The Morgan fingerprint density at radius 3 is 2.55 bits per heavy atom. The number of rotatable bonds is 5. The summed E-state index contributed by atoms with van der Waals surface area (Å²) < 4.78 is 29.4. The Balaban J connectivity index is 1.67. The highest BCUT2D eigenvalue weighted by Crippen LogP contribution is 2.31. The van der Waals surface area contributed by atoms with E-state index in [1.807, 2.05) is 24.3 Å². The molecule has 0 radical (unpaired) electrons. The molecule has 0 spiro atoms. The standard InChI is InChI=1S/C17H19NO3S/c1-14-13-15-7-5-6-10-17(15)18(14)11-12-22(19,20)21-16-8-3-2-4-9-16/h2-10,14H,11-13H2,1H3/t14-/m1/s1. The Hall–Kier alpha value is -2.01. The zero-order valence-corrected chi connectivity index (χ0v) is 13.3. The topological polar surface area (TPSA) is 46.6 Å². The van der Waals surface area contributed by atoms with Gasteiger partial charge in [-0.15, -0.1) is 0 Å². The van der Waals surface area contributed by atoms with Crippen LogP contribution in [0.15, 0.2) is 54.6 Å². The van der Waals surface area contributed by atoms with Gasteiger partial charge in [-0.3, -0.25) is 0 Å². The quantitative estimate of drug-likeness (QED) is 0.796. The van der Waals surface area contributed by atoms with Gasteiger partial charge >= 0.3 is 10.1 Å². The predicted molar refractivity (Wildman–Crippen MR) is 87.8 cm³/mol. The van der Waals surface area contributed by atoms with E-state index < -0.39 is 10.1 Å². The van der Waals surface area contributed by atoms with Crippen LogP contribution in [0, 0.1) is 0 Å². The number of para-hydroxylation sites is 2. The molecule has 1 atom stereocenters. The molecule has 0 bridgehead atoms. The molecule has 3 rings (SSSR count). The molecule has 5 heteroatoms. The molecule has 0 aliphatic carbocycles. The lowest BCUT2D eigenvalue weighted by Gasteiger charge is -2.24. The fourth-order valence-corrected chi connectivity index (χ4v) is 3.75. The second-order valence-corrected chi connectivity index (χ2v) is 7.22. The number of anilines is 1. The zero-order valence-electron chi connectivity index (χ0n) is 12.5. The van der Waals surface area contributed by atoms with Crippen molar-refractivity contribution in [2.75, 3.05) is 17.2 Å². The summed E-state index contributed by atoms with van der Waals surface area (Å²) in [7, 11) is -3.59. The fourth-order valence-electron chi connectivity index (χ4n) is 2.84. The molecule has 22 heavy (non-hydrogen) atoms. The van der Waals surface area contributed by atoms with Gasteiger partial charge in [-0.25, -0.2) is 0 Å². The van der Waals surface area contributed by atoms with Crippen LogP contribution in [0.1, 0.15) is 12.5 Å². The number of hydrogen-bond acceptors (Lipinski definition) is 4. The summed E-state index contributed by atoms with van der Waals surface area (Å²) in [5.74, 6) is 0.331. The first-order valence-electron chi connectivity index (χ1n) is 7.37. The minimum atomic E-state index is -3.59. The van der Waals surface area contributed by atoms with Crippen LogP contribution in [0.4, 0.5) is 5.69 Å². The summed E-state index contributed by atoms with van der Waals surface area (Å²) in [6.07, 6.45) is 0.954. The highest BCUT2D eigenvalue weighted by molar-refractivity contribution is 7.87. The lowest BCUT2D eigenvalue weighted by Crippen LogP contribution is -2.34. The van der Waals surface area contributed by atoms with Gasteiger partial charge in [-0.05, 0) is 37.1 Å². The lowest BCUT2D eigenvalue weighted by atomic mass is 10.1. The van der Waals surface area contributed by atoms with Gasteiger partial charge in [-0.1, -0.05) is 36.4 Å². The Morgan fingerprint density at radius 1 is 1.09 bits per heavy atom. The van der Waals surface area contributed by atoms with Gasteiger partial charge in [0.15, 0.2) is 0 Å². The van der Waals surface area contributed by atoms with Crippen molar-refractivity contribution in [3.8, 4) is 5.75 Å². The summed E-state index contributed by atoms with van der Waals surface area (Å²) in [5.41, 5.74) is 2.40. The molecule has 1 aliphatic rings. The van der Waals surface area contributed by atoms with Crippen molar-refractivity contribution < 1.29 is 12.6 Å². The van der Waals surface area contributed by atoms with Gasteiger partial charge in [-0.2, -0.15) is 8.42 Å². The normalized spacial score (nSPS) is 17.3. The van der Waals surface area contributed by atoms with Crippen LogP contribution in [0.3, 0.4) is 0 Å². The Morgan fingerprint density at radius 2 is 1.77 bits per heavy atom. The summed E-state index contributed by atoms with van der Waals surface area (Å²) >= 11 is 0. The van der Waals surface area contributed by atoms with Crippen LogP contribution in [0.5, 0.6) is 5.75 Å². The number of nitrogens with zero attached hydrogens (tertiary/aromatic N) is 1. The largest absolute Gasteiger partial charge is 0.382 e. The van der Waals surface area contributed by atoms with Gasteiger partial charge in [0.2, 0.25) is 0 Å². The second-order valence-electron chi connectivity index (χ2n) is 5.53. The summed E-state index contributed by atoms with van der Waals surface area (Å²) in [6, 6.07) is 17.1. The molecule has 1 heterocycles. The molecular weight excluding hydrogens is 298 g/mol. The summed E-state index contributed by atoms with van der Waals surface area (Å²) in [4.78, 5) is 2.14. The monoisotopic (exact) mass is 317 g/mol. The smallest absolute Gasteiger partial charge is 0.310 e. The number of hydrogen-bond donors (Lipinski definition) is 0. The van der Waals surface area contributed by atoms with E-state index in [1.54, 1.807) is 24.3 Å². The zero-order chi connectivity index (χ0) is 15.6. The van der Waals surface area contributed by atoms with Crippen LogP contribution in [-0.2, 0) is 16.5 Å². The lowest BCUT2D eigenvalue weighted by molar-refractivity contribution is 0.484. The Labute approximate surface area is 131 Å². The third kappa shape index (κ3) is 3.25. The maximum atomic E-state index is 12.1. The van der Waals surface area contributed by atoms with Crippen molar-refractivity contribution in [1.82, 2.24) is 0 Å². The van der Waals surface area contributed by atoms with E-state index in [0.717, 1.165) is 12.1 Å². The first-order valence-corrected chi connectivity index (χ1v) is 8.95. The SMILES string of the molecule is C[C@@H]1Cc2ccccc2N1CCS(=O)(=O)Oc1ccccc1. The van der Waals surface area contributed by atoms with E-state index in [-0.39, 0.29) is 5.75 Å². The molecule has 4 nitrogen and oxygen atoms in total. The molecular formula is C17H19NO3S. The third-order valence-corrected chi connectivity index (χ3v) is 5.03. The van der Waals surface area contributed by atoms with E-state index in [1.165, 1.54) is 5.56 Å². The molecule has 0 saturated heterocycles. The molecule has 1 aliphatic heterocycles. The minimum absolute atomic E-state index is 0.0272. The fraction of sp³-hybridized carbons (Fsp3) is 0.294. The molecule has 0 unspecified atom stereocenters. The maximum Gasteiger partial charge on any atom is 0.310 e. The highest BCUT2D eigenvalue weighted by atomic mass is 32.2. The Bertz CT molecular complexity index is 744. The molecule has 2 aromatic carbocycles. The van der Waals surface area contributed by atoms with E-state index in [9.17, 15) is 8.42 Å². The number of fused-ring (bicyclic) bond motifs is 1. The van der Waals surface area contributed by atoms with E-state index in [0.29, 0.717) is 18.3 Å². The minimum Gasteiger partial charge on any atom is -0.382 e. The van der Waals surface area contributed by atoms with Crippen molar-refractivity contribution in [2.24, 2.45) is 0 Å². The molecule has 0 aromatic heterocycles. The molecule has 0 N–H and O–H groups in total. The third-order valence-electron chi connectivity index (χ3n) is 3.90. The van der Waals surface area contributed by atoms with Crippen molar-refractivity contribution >= 4 is 15.8 Å².